The summed E-state index contributed by atoms with van der Waals surface area (Å²) in [5.41, 5.74) is 3.30. The summed E-state index contributed by atoms with van der Waals surface area (Å²) < 4.78 is 5.77. The van der Waals surface area contributed by atoms with E-state index in [2.05, 4.69) is 10.3 Å². The molecule has 1 saturated heterocycles. The zero-order valence-electron chi connectivity index (χ0n) is 18.4. The molecule has 1 aliphatic heterocycles. The second kappa shape index (κ2) is 10.6. The number of carbonyl (C=O) groups is 2. The molecule has 0 radical (unpaired) electrons. The van der Waals surface area contributed by atoms with Crippen molar-refractivity contribution in [2.24, 2.45) is 0 Å². The van der Waals surface area contributed by atoms with Crippen molar-refractivity contribution in [1.82, 2.24) is 15.2 Å². The summed E-state index contributed by atoms with van der Waals surface area (Å²) >= 11 is 5.94. The molecule has 1 aromatic heterocycles. The lowest BCUT2D eigenvalue weighted by Gasteiger charge is -2.24. The Bertz CT molecular complexity index is 1110. The number of pyridine rings is 1. The molecule has 6 nitrogen and oxygen atoms in total. The van der Waals surface area contributed by atoms with Crippen LogP contribution in [-0.2, 0) is 16.1 Å². The number of halogens is 1. The van der Waals surface area contributed by atoms with Crippen molar-refractivity contribution in [2.45, 2.75) is 32.0 Å². The third-order valence-electron chi connectivity index (χ3n) is 5.71. The Balaban J connectivity index is 1.51. The fourth-order valence-electron chi connectivity index (χ4n) is 4.07. The van der Waals surface area contributed by atoms with Crippen LogP contribution >= 0.6 is 11.6 Å². The quantitative estimate of drug-likeness (QED) is 0.565. The van der Waals surface area contributed by atoms with Crippen molar-refractivity contribution < 1.29 is 14.3 Å². The van der Waals surface area contributed by atoms with Crippen molar-refractivity contribution in [2.75, 3.05) is 13.2 Å². The van der Waals surface area contributed by atoms with E-state index in [-0.39, 0.29) is 17.9 Å². The van der Waals surface area contributed by atoms with E-state index in [0.29, 0.717) is 36.7 Å². The van der Waals surface area contributed by atoms with Gasteiger partial charge in [0.2, 0.25) is 5.91 Å². The summed E-state index contributed by atoms with van der Waals surface area (Å²) in [6, 6.07) is 17.9. The van der Waals surface area contributed by atoms with E-state index in [4.69, 9.17) is 16.3 Å². The predicted octanol–water partition coefficient (Wildman–Crippen LogP) is 4.34. The molecule has 1 N–H and O–H groups in total. The monoisotopic (exact) mass is 463 g/mol. The summed E-state index contributed by atoms with van der Waals surface area (Å²) in [6.07, 6.45) is 3.77. The molecule has 2 unspecified atom stereocenters. The highest BCUT2D eigenvalue weighted by Gasteiger charge is 2.40. The van der Waals surface area contributed by atoms with E-state index >= 15 is 0 Å². The summed E-state index contributed by atoms with van der Waals surface area (Å²) in [4.78, 5) is 32.3. The lowest BCUT2D eigenvalue weighted by Crippen LogP contribution is -2.45. The van der Waals surface area contributed by atoms with Gasteiger partial charge in [-0.3, -0.25) is 14.6 Å². The SMILES string of the molecule is CCOC1CC(C(=O)NCc2ccc(Cl)cc2)N(C(=O)c2cccc(-c3cccnc3)c2)C1. The molecule has 0 bridgehead atoms. The van der Waals surface area contributed by atoms with E-state index in [1.807, 2.05) is 49.4 Å². The first-order valence-corrected chi connectivity index (χ1v) is 11.4. The molecule has 1 aliphatic rings. The third kappa shape index (κ3) is 5.59. The highest BCUT2D eigenvalue weighted by Crippen LogP contribution is 2.25. The number of likely N-dealkylation sites (tertiary alicyclic amines) is 1. The van der Waals surface area contributed by atoms with Crippen LogP contribution in [0.4, 0.5) is 0 Å². The Morgan fingerprint density at radius 3 is 2.64 bits per heavy atom. The van der Waals surface area contributed by atoms with Gasteiger partial charge in [0.15, 0.2) is 0 Å². The standard InChI is InChI=1S/C26H26ClN3O3/c1-2-33-23-14-24(25(31)29-15-18-8-10-22(27)11-9-18)30(17-23)26(32)20-6-3-5-19(13-20)21-7-4-12-28-16-21/h3-13,16,23-24H,2,14-15,17H2,1H3,(H,29,31). The van der Waals surface area contributed by atoms with Crippen molar-refractivity contribution in [1.29, 1.82) is 0 Å². The van der Waals surface area contributed by atoms with Gasteiger partial charge in [-0.15, -0.1) is 0 Å². The summed E-state index contributed by atoms with van der Waals surface area (Å²) in [5.74, 6) is -0.376. The van der Waals surface area contributed by atoms with Crippen LogP contribution in [0.3, 0.4) is 0 Å². The summed E-state index contributed by atoms with van der Waals surface area (Å²) in [6.45, 7) is 3.19. The average molecular weight is 464 g/mol. The lowest BCUT2D eigenvalue weighted by molar-refractivity contribution is -0.125. The number of ether oxygens (including phenoxy) is 1. The van der Waals surface area contributed by atoms with Gasteiger partial charge in [0, 0.05) is 54.7 Å². The second-order valence-corrected chi connectivity index (χ2v) is 8.39. The highest BCUT2D eigenvalue weighted by molar-refractivity contribution is 6.30. The topological polar surface area (TPSA) is 71.5 Å². The van der Waals surface area contributed by atoms with Gasteiger partial charge in [-0.25, -0.2) is 0 Å². The van der Waals surface area contributed by atoms with E-state index in [0.717, 1.165) is 16.7 Å². The molecule has 2 atom stereocenters. The first-order chi connectivity index (χ1) is 16.0. The van der Waals surface area contributed by atoms with Crippen LogP contribution in [0, 0.1) is 0 Å². The fraction of sp³-hybridized carbons (Fsp3) is 0.269. The molecule has 2 amide bonds. The van der Waals surface area contributed by atoms with Crippen LogP contribution in [0.5, 0.6) is 0 Å². The number of benzene rings is 2. The van der Waals surface area contributed by atoms with Gasteiger partial charge in [0.25, 0.3) is 5.91 Å². The normalized spacial score (nSPS) is 17.7. The lowest BCUT2D eigenvalue weighted by atomic mass is 10.0. The van der Waals surface area contributed by atoms with Crippen LogP contribution in [0.2, 0.25) is 5.02 Å². The van der Waals surface area contributed by atoms with E-state index in [1.54, 1.807) is 35.5 Å². The molecule has 2 heterocycles. The zero-order valence-corrected chi connectivity index (χ0v) is 19.2. The number of carbonyl (C=O) groups excluding carboxylic acids is 2. The van der Waals surface area contributed by atoms with E-state index < -0.39 is 6.04 Å². The number of nitrogens with one attached hydrogen (secondary N) is 1. The van der Waals surface area contributed by atoms with Crippen molar-refractivity contribution >= 4 is 23.4 Å². The molecule has 4 rings (SSSR count). The minimum atomic E-state index is -0.594. The second-order valence-electron chi connectivity index (χ2n) is 7.95. The van der Waals surface area contributed by atoms with Gasteiger partial charge >= 0.3 is 0 Å². The van der Waals surface area contributed by atoms with Crippen LogP contribution in [0.25, 0.3) is 11.1 Å². The maximum Gasteiger partial charge on any atom is 0.254 e. The van der Waals surface area contributed by atoms with Gasteiger partial charge in [-0.1, -0.05) is 41.9 Å². The summed E-state index contributed by atoms with van der Waals surface area (Å²) in [7, 11) is 0. The fourth-order valence-corrected chi connectivity index (χ4v) is 4.19. The largest absolute Gasteiger partial charge is 0.377 e. The Hall–Kier alpha value is -3.22. The van der Waals surface area contributed by atoms with E-state index in [9.17, 15) is 9.59 Å². The van der Waals surface area contributed by atoms with Crippen LogP contribution < -0.4 is 5.32 Å². The number of amides is 2. The average Bonchev–Trinajstić information content (AvgIpc) is 3.28. The Morgan fingerprint density at radius 2 is 1.91 bits per heavy atom. The van der Waals surface area contributed by atoms with Crippen LogP contribution in [-0.4, -0.2) is 47.0 Å². The molecule has 0 spiro atoms. The minimum absolute atomic E-state index is 0.174. The molecule has 0 saturated carbocycles. The molecule has 33 heavy (non-hydrogen) atoms. The van der Waals surface area contributed by atoms with Crippen LogP contribution in [0.15, 0.2) is 73.1 Å². The van der Waals surface area contributed by atoms with Gasteiger partial charge in [0.1, 0.15) is 6.04 Å². The number of hydrogen-bond acceptors (Lipinski definition) is 4. The maximum atomic E-state index is 13.5. The molecule has 7 heteroatoms. The molecular formula is C26H26ClN3O3. The van der Waals surface area contributed by atoms with Crippen molar-refractivity contribution in [3.05, 3.63) is 89.2 Å². The Kier molecular flexibility index (Phi) is 7.37. The zero-order chi connectivity index (χ0) is 23.2. The van der Waals surface area contributed by atoms with Crippen LogP contribution in [0.1, 0.15) is 29.3 Å². The first kappa shape index (κ1) is 23.0. The highest BCUT2D eigenvalue weighted by atomic mass is 35.5. The summed E-state index contributed by atoms with van der Waals surface area (Å²) in [5, 5.41) is 3.60. The van der Waals surface area contributed by atoms with Gasteiger partial charge in [0.05, 0.1) is 6.10 Å². The third-order valence-corrected chi connectivity index (χ3v) is 5.96. The minimum Gasteiger partial charge on any atom is -0.377 e. The molecule has 2 aromatic carbocycles. The maximum absolute atomic E-state index is 13.5. The number of rotatable bonds is 7. The van der Waals surface area contributed by atoms with Crippen molar-refractivity contribution in [3.8, 4) is 11.1 Å². The predicted molar refractivity (Wildman–Crippen MR) is 128 cm³/mol. The number of aromatic nitrogens is 1. The Labute approximate surface area is 198 Å². The first-order valence-electron chi connectivity index (χ1n) is 11.0. The van der Waals surface area contributed by atoms with Gasteiger partial charge in [-0.2, -0.15) is 0 Å². The van der Waals surface area contributed by atoms with Gasteiger partial charge in [-0.05, 0) is 48.4 Å². The molecular weight excluding hydrogens is 438 g/mol. The molecule has 1 fully saturated rings. The number of hydrogen-bond donors (Lipinski definition) is 1. The van der Waals surface area contributed by atoms with E-state index in [1.165, 1.54) is 0 Å². The molecule has 0 aliphatic carbocycles. The molecule has 170 valence electrons. The van der Waals surface area contributed by atoms with Crippen molar-refractivity contribution in [3.63, 3.8) is 0 Å². The smallest absolute Gasteiger partial charge is 0.254 e. The number of nitrogens with zero attached hydrogens (tertiary/aromatic N) is 2. The Morgan fingerprint density at radius 1 is 1.12 bits per heavy atom. The molecule has 3 aromatic rings. The van der Waals surface area contributed by atoms with Gasteiger partial charge < -0.3 is 15.0 Å².